The third kappa shape index (κ3) is 2.14. The van der Waals surface area contributed by atoms with Gasteiger partial charge in [0.15, 0.2) is 0 Å². The Morgan fingerprint density at radius 3 is 2.72 bits per heavy atom. The Kier molecular flexibility index (Phi) is 3.19. The van der Waals surface area contributed by atoms with Gasteiger partial charge in [-0.1, -0.05) is 19.1 Å². The fourth-order valence-corrected chi connectivity index (χ4v) is 2.12. The molecule has 0 spiro atoms. The Hall–Kier alpha value is -2.10. The molecule has 2 aromatic rings. The number of carbonyl (C=O) groups is 1. The minimum Gasteiger partial charge on any atom is -0.507 e. The summed E-state index contributed by atoms with van der Waals surface area (Å²) < 4.78 is 5.15. The van der Waals surface area contributed by atoms with Crippen molar-refractivity contribution in [2.24, 2.45) is 0 Å². The van der Waals surface area contributed by atoms with Crippen molar-refractivity contribution in [3.05, 3.63) is 40.2 Å². The first-order valence-electron chi connectivity index (χ1n) is 5.75. The maximum atomic E-state index is 11.8. The summed E-state index contributed by atoms with van der Waals surface area (Å²) in [5.41, 5.74) is -0.0670. The molecule has 1 aromatic heterocycles. The number of rotatable bonds is 3. The highest BCUT2D eigenvalue weighted by molar-refractivity contribution is 5.84. The Balaban J connectivity index is 2.64. The van der Waals surface area contributed by atoms with Crippen molar-refractivity contribution in [2.75, 3.05) is 0 Å². The molecule has 2 rings (SSSR count). The van der Waals surface area contributed by atoms with Crippen LogP contribution in [0.3, 0.4) is 0 Å². The molecule has 94 valence electrons. The maximum absolute atomic E-state index is 11.8. The zero-order valence-electron chi connectivity index (χ0n) is 10.3. The molecule has 1 atom stereocenters. The lowest BCUT2D eigenvalue weighted by molar-refractivity contribution is -0.117. The number of para-hydroxylation sites is 1. The summed E-state index contributed by atoms with van der Waals surface area (Å²) in [4.78, 5) is 22.9. The topological polar surface area (TPSA) is 67.5 Å². The number of ketones is 1. The molecule has 0 saturated carbocycles. The molecule has 0 aliphatic rings. The Morgan fingerprint density at radius 1 is 1.39 bits per heavy atom. The minimum atomic E-state index is -0.583. The van der Waals surface area contributed by atoms with Crippen molar-refractivity contribution in [2.45, 2.75) is 26.2 Å². The van der Waals surface area contributed by atoms with Gasteiger partial charge in [0.25, 0.3) is 0 Å². The lowest BCUT2D eigenvalue weighted by Gasteiger charge is -2.11. The summed E-state index contributed by atoms with van der Waals surface area (Å²) in [6.45, 7) is 3.18. The van der Waals surface area contributed by atoms with Gasteiger partial charge in [-0.2, -0.15) is 0 Å². The van der Waals surface area contributed by atoms with Crippen molar-refractivity contribution in [1.82, 2.24) is 0 Å². The standard InChI is InChI=1S/C14H14O4/c1-8(7-9(2)15)12-13(16)10-5-3-4-6-11(10)18-14(12)17/h3-6,8,16H,7H2,1-2H3. The summed E-state index contributed by atoms with van der Waals surface area (Å²) in [5, 5.41) is 10.6. The second-order valence-corrected chi connectivity index (χ2v) is 4.46. The van der Waals surface area contributed by atoms with Gasteiger partial charge in [0.2, 0.25) is 0 Å². The second kappa shape index (κ2) is 4.64. The third-order valence-electron chi connectivity index (χ3n) is 2.91. The largest absolute Gasteiger partial charge is 0.507 e. The molecule has 1 aromatic carbocycles. The fourth-order valence-electron chi connectivity index (χ4n) is 2.12. The molecule has 0 radical (unpaired) electrons. The third-order valence-corrected chi connectivity index (χ3v) is 2.91. The lowest BCUT2D eigenvalue weighted by Crippen LogP contribution is -2.13. The molecule has 1 heterocycles. The molecule has 0 amide bonds. The monoisotopic (exact) mass is 246 g/mol. The van der Waals surface area contributed by atoms with Crippen LogP contribution in [0.1, 0.15) is 31.7 Å². The summed E-state index contributed by atoms with van der Waals surface area (Å²) in [5.74, 6) is -0.478. The lowest BCUT2D eigenvalue weighted by atomic mass is 9.95. The Bertz CT molecular complexity index is 654. The van der Waals surface area contributed by atoms with Gasteiger partial charge in [-0.05, 0) is 25.0 Å². The van der Waals surface area contributed by atoms with E-state index < -0.39 is 5.63 Å². The Morgan fingerprint density at radius 2 is 2.06 bits per heavy atom. The van der Waals surface area contributed by atoms with Crippen LogP contribution in [0.25, 0.3) is 11.0 Å². The fraction of sp³-hybridized carbons (Fsp3) is 0.286. The van der Waals surface area contributed by atoms with Gasteiger partial charge in [-0.25, -0.2) is 4.79 Å². The zero-order chi connectivity index (χ0) is 13.3. The van der Waals surface area contributed by atoms with E-state index >= 15 is 0 Å². The number of benzene rings is 1. The molecular formula is C14H14O4. The van der Waals surface area contributed by atoms with Crippen molar-refractivity contribution < 1.29 is 14.3 Å². The van der Waals surface area contributed by atoms with Crippen LogP contribution in [0.4, 0.5) is 0 Å². The summed E-state index contributed by atoms with van der Waals surface area (Å²) in [6, 6.07) is 6.78. The first kappa shape index (κ1) is 12.4. The molecule has 4 nitrogen and oxygen atoms in total. The zero-order valence-corrected chi connectivity index (χ0v) is 10.3. The van der Waals surface area contributed by atoms with E-state index in [1.165, 1.54) is 6.92 Å². The van der Waals surface area contributed by atoms with Gasteiger partial charge in [-0.15, -0.1) is 0 Å². The van der Waals surface area contributed by atoms with Crippen LogP contribution in [0.2, 0.25) is 0 Å². The van der Waals surface area contributed by atoms with Crippen molar-refractivity contribution >= 4 is 16.8 Å². The van der Waals surface area contributed by atoms with Crippen LogP contribution in [0, 0.1) is 0 Å². The van der Waals surface area contributed by atoms with Gasteiger partial charge in [-0.3, -0.25) is 0 Å². The van der Waals surface area contributed by atoms with Crippen LogP contribution in [-0.4, -0.2) is 10.9 Å². The van der Waals surface area contributed by atoms with E-state index in [1.807, 2.05) is 0 Å². The number of carbonyl (C=O) groups excluding carboxylic acids is 1. The molecule has 0 aliphatic heterocycles. The van der Waals surface area contributed by atoms with Gasteiger partial charge in [0.05, 0.1) is 10.9 Å². The molecule has 0 bridgehead atoms. The minimum absolute atomic E-state index is 0.0329. The number of Topliss-reactive ketones (excluding diaryl/α,β-unsaturated/α-hetero) is 1. The number of hydrogen-bond donors (Lipinski definition) is 1. The average Bonchev–Trinajstić information content (AvgIpc) is 2.27. The Labute approximate surface area is 104 Å². The van der Waals surface area contributed by atoms with Crippen molar-refractivity contribution in [3.8, 4) is 5.75 Å². The van der Waals surface area contributed by atoms with Crippen LogP contribution >= 0.6 is 0 Å². The molecule has 0 fully saturated rings. The first-order chi connectivity index (χ1) is 8.50. The average molecular weight is 246 g/mol. The van der Waals surface area contributed by atoms with E-state index in [0.717, 1.165) is 0 Å². The summed E-state index contributed by atoms with van der Waals surface area (Å²) >= 11 is 0. The maximum Gasteiger partial charge on any atom is 0.343 e. The van der Waals surface area contributed by atoms with E-state index in [2.05, 4.69) is 0 Å². The first-order valence-corrected chi connectivity index (χ1v) is 5.75. The number of aromatic hydroxyl groups is 1. The van der Waals surface area contributed by atoms with E-state index in [-0.39, 0.29) is 29.4 Å². The predicted octanol–water partition coefficient (Wildman–Crippen LogP) is 2.58. The smallest absolute Gasteiger partial charge is 0.343 e. The van der Waals surface area contributed by atoms with Crippen LogP contribution < -0.4 is 5.63 Å². The molecule has 4 heteroatoms. The van der Waals surface area contributed by atoms with E-state index in [0.29, 0.717) is 11.0 Å². The van der Waals surface area contributed by atoms with E-state index in [1.54, 1.807) is 31.2 Å². The molecule has 1 N–H and O–H groups in total. The van der Waals surface area contributed by atoms with Crippen LogP contribution in [0.5, 0.6) is 5.75 Å². The molecule has 1 unspecified atom stereocenters. The predicted molar refractivity (Wildman–Crippen MR) is 67.9 cm³/mol. The summed E-state index contributed by atoms with van der Waals surface area (Å²) in [6.07, 6.45) is 0.205. The highest BCUT2D eigenvalue weighted by Gasteiger charge is 2.20. The van der Waals surface area contributed by atoms with Gasteiger partial charge < -0.3 is 14.3 Å². The normalized spacial score (nSPS) is 12.6. The van der Waals surface area contributed by atoms with Crippen LogP contribution in [-0.2, 0) is 4.79 Å². The molecule has 0 aliphatic carbocycles. The highest BCUT2D eigenvalue weighted by atomic mass is 16.4. The number of hydrogen-bond acceptors (Lipinski definition) is 4. The highest BCUT2D eigenvalue weighted by Crippen LogP contribution is 2.31. The second-order valence-electron chi connectivity index (χ2n) is 4.46. The molecule has 0 saturated heterocycles. The van der Waals surface area contributed by atoms with Gasteiger partial charge in [0.1, 0.15) is 17.1 Å². The number of fused-ring (bicyclic) bond motifs is 1. The van der Waals surface area contributed by atoms with E-state index in [9.17, 15) is 14.7 Å². The summed E-state index contributed by atoms with van der Waals surface area (Å²) in [7, 11) is 0. The molecular weight excluding hydrogens is 232 g/mol. The quantitative estimate of drug-likeness (QED) is 0.845. The van der Waals surface area contributed by atoms with Crippen molar-refractivity contribution in [1.29, 1.82) is 0 Å². The van der Waals surface area contributed by atoms with Crippen molar-refractivity contribution in [3.63, 3.8) is 0 Å². The van der Waals surface area contributed by atoms with E-state index in [4.69, 9.17) is 4.42 Å². The van der Waals surface area contributed by atoms with Gasteiger partial charge >= 0.3 is 5.63 Å². The van der Waals surface area contributed by atoms with Crippen LogP contribution in [0.15, 0.2) is 33.5 Å². The molecule has 18 heavy (non-hydrogen) atoms. The SMILES string of the molecule is CC(=O)CC(C)c1c(O)c2ccccc2oc1=O. The van der Waals surface area contributed by atoms with Gasteiger partial charge in [0, 0.05) is 6.42 Å².